The van der Waals surface area contributed by atoms with Gasteiger partial charge in [0.05, 0.1) is 17.7 Å². The second-order valence-corrected chi connectivity index (χ2v) is 8.20. The fraction of sp³-hybridized carbons (Fsp3) is 0.267. The molecule has 1 unspecified atom stereocenters. The Bertz CT molecular complexity index is 823. The lowest BCUT2D eigenvalue weighted by Gasteiger charge is -2.06. The summed E-state index contributed by atoms with van der Waals surface area (Å²) >= 11 is 3.88. The number of hydrogen-bond acceptors (Lipinski definition) is 9. The second-order valence-electron chi connectivity index (χ2n) is 4.35. The molecule has 0 saturated carbocycles. The van der Waals surface area contributed by atoms with Gasteiger partial charge in [-0.1, -0.05) is 40.9 Å². The number of aromatic nitrogens is 2. The molecule has 0 N–H and O–H groups in total. The van der Waals surface area contributed by atoms with Crippen molar-refractivity contribution in [2.24, 2.45) is 0 Å². The fourth-order valence-electron chi connectivity index (χ4n) is 1.66. The zero-order chi connectivity index (χ0) is 17.5. The van der Waals surface area contributed by atoms with Crippen molar-refractivity contribution in [1.29, 1.82) is 10.5 Å². The van der Waals surface area contributed by atoms with Crippen LogP contribution in [0.15, 0.2) is 31.8 Å². The molecule has 9 heteroatoms. The zero-order valence-corrected chi connectivity index (χ0v) is 15.3. The molecule has 0 amide bonds. The van der Waals surface area contributed by atoms with Crippen molar-refractivity contribution in [2.45, 2.75) is 32.7 Å². The Kier molecular flexibility index (Phi) is 6.62. The van der Waals surface area contributed by atoms with Crippen LogP contribution in [0.4, 0.5) is 0 Å². The first kappa shape index (κ1) is 18.3. The van der Waals surface area contributed by atoms with Gasteiger partial charge in [-0.05, 0) is 26.0 Å². The molecule has 0 fully saturated rings. The molecule has 0 spiro atoms. The predicted octanol–water partition coefficient (Wildman–Crippen LogP) is 3.48. The summed E-state index contributed by atoms with van der Waals surface area (Å²) in [5.41, 5.74) is 0.659. The molecule has 0 aliphatic heterocycles. The zero-order valence-electron chi connectivity index (χ0n) is 12.8. The lowest BCUT2D eigenvalue weighted by Crippen LogP contribution is -2.16. The minimum absolute atomic E-state index is 0.291. The summed E-state index contributed by atoms with van der Waals surface area (Å²) in [7, 11) is 0. The Morgan fingerprint density at radius 2 is 2.08 bits per heavy atom. The van der Waals surface area contributed by atoms with Crippen LogP contribution in [0.1, 0.15) is 25.0 Å². The van der Waals surface area contributed by atoms with E-state index in [9.17, 15) is 10.1 Å². The Balaban J connectivity index is 2.12. The van der Waals surface area contributed by atoms with Gasteiger partial charge in [-0.2, -0.15) is 10.5 Å². The minimum Gasteiger partial charge on any atom is -0.465 e. The number of esters is 1. The summed E-state index contributed by atoms with van der Waals surface area (Å²) in [5, 5.41) is 26.0. The molecule has 6 nitrogen and oxygen atoms in total. The third-order valence-corrected chi connectivity index (χ3v) is 5.94. The van der Waals surface area contributed by atoms with Crippen molar-refractivity contribution in [2.75, 3.05) is 6.61 Å². The summed E-state index contributed by atoms with van der Waals surface area (Å²) in [5.74, 6) is -0.291. The Morgan fingerprint density at radius 1 is 1.33 bits per heavy atom. The normalized spacial score (nSPS) is 11.3. The number of thioether (sulfide) groups is 1. The van der Waals surface area contributed by atoms with E-state index in [1.165, 1.54) is 34.9 Å². The van der Waals surface area contributed by atoms with Gasteiger partial charge in [0.1, 0.15) is 17.4 Å². The van der Waals surface area contributed by atoms with Gasteiger partial charge in [-0.25, -0.2) is 0 Å². The number of carbonyl (C=O) groups excluding carboxylic acids is 1. The third-order valence-electron chi connectivity index (χ3n) is 2.74. The van der Waals surface area contributed by atoms with E-state index in [1.54, 1.807) is 32.0 Å². The monoisotopic (exact) mass is 376 g/mol. The van der Waals surface area contributed by atoms with Crippen LogP contribution in [0.2, 0.25) is 0 Å². The van der Waals surface area contributed by atoms with Crippen molar-refractivity contribution >= 4 is 40.8 Å². The maximum Gasteiger partial charge on any atom is 0.319 e. The van der Waals surface area contributed by atoms with Crippen molar-refractivity contribution < 1.29 is 9.53 Å². The molecule has 0 bridgehead atoms. The molecular weight excluding hydrogens is 364 g/mol. The van der Waals surface area contributed by atoms with Gasteiger partial charge in [0, 0.05) is 4.90 Å². The molecule has 2 aromatic rings. The Morgan fingerprint density at radius 3 is 2.75 bits per heavy atom. The van der Waals surface area contributed by atoms with E-state index < -0.39 is 0 Å². The van der Waals surface area contributed by atoms with Gasteiger partial charge in [0.15, 0.2) is 8.68 Å². The lowest BCUT2D eigenvalue weighted by molar-refractivity contribution is -0.142. The molecule has 0 aliphatic rings. The standard InChI is InChI=1S/C15H12N4O2S3/c1-3-21-13(20)9(2)22-14-18-19-15(24-14)23-12-6-4-5-10(7-16)11(12)8-17/h4-6,9H,3H2,1-2H3. The number of ether oxygens (including phenoxy) is 1. The van der Waals surface area contributed by atoms with E-state index in [2.05, 4.69) is 16.3 Å². The molecule has 1 aromatic carbocycles. The van der Waals surface area contributed by atoms with Crippen LogP contribution in [0, 0.1) is 22.7 Å². The second kappa shape index (κ2) is 8.69. The maximum atomic E-state index is 11.6. The molecule has 1 heterocycles. The number of benzene rings is 1. The first-order chi connectivity index (χ1) is 11.6. The van der Waals surface area contributed by atoms with Gasteiger partial charge in [-0.15, -0.1) is 10.2 Å². The topological polar surface area (TPSA) is 99.7 Å². The molecule has 1 atom stereocenters. The highest BCUT2D eigenvalue weighted by atomic mass is 32.2. The molecule has 122 valence electrons. The molecule has 0 saturated heterocycles. The van der Waals surface area contributed by atoms with Crippen LogP contribution in [0.25, 0.3) is 0 Å². The number of nitriles is 2. The summed E-state index contributed by atoms with van der Waals surface area (Å²) in [6, 6.07) is 9.14. The van der Waals surface area contributed by atoms with Crippen LogP contribution in [0.5, 0.6) is 0 Å². The number of rotatable bonds is 6. The number of carbonyl (C=O) groups is 1. The van der Waals surface area contributed by atoms with Crippen molar-refractivity contribution in [3.8, 4) is 12.1 Å². The molecular formula is C15H12N4O2S3. The van der Waals surface area contributed by atoms with Crippen LogP contribution < -0.4 is 0 Å². The van der Waals surface area contributed by atoms with Gasteiger partial charge >= 0.3 is 5.97 Å². The Hall–Kier alpha value is -2.07. The first-order valence-electron chi connectivity index (χ1n) is 6.86. The number of nitrogens with zero attached hydrogens (tertiary/aromatic N) is 4. The lowest BCUT2D eigenvalue weighted by atomic mass is 10.1. The molecule has 0 radical (unpaired) electrons. The average molecular weight is 376 g/mol. The minimum atomic E-state index is -0.368. The summed E-state index contributed by atoms with van der Waals surface area (Å²) in [6.45, 7) is 3.85. The summed E-state index contributed by atoms with van der Waals surface area (Å²) < 4.78 is 6.24. The van der Waals surface area contributed by atoms with Gasteiger partial charge < -0.3 is 4.74 Å². The largest absolute Gasteiger partial charge is 0.465 e. The van der Waals surface area contributed by atoms with Gasteiger partial charge in [0.2, 0.25) is 0 Å². The van der Waals surface area contributed by atoms with E-state index in [0.717, 1.165) is 0 Å². The highest BCUT2D eigenvalue weighted by Crippen LogP contribution is 2.36. The molecule has 24 heavy (non-hydrogen) atoms. The van der Waals surface area contributed by atoms with Gasteiger partial charge in [-0.3, -0.25) is 4.79 Å². The first-order valence-corrected chi connectivity index (χ1v) is 9.38. The highest BCUT2D eigenvalue weighted by molar-refractivity contribution is 8.04. The van der Waals surface area contributed by atoms with E-state index >= 15 is 0 Å². The highest BCUT2D eigenvalue weighted by Gasteiger charge is 2.19. The van der Waals surface area contributed by atoms with E-state index in [4.69, 9.17) is 10.00 Å². The average Bonchev–Trinajstić information content (AvgIpc) is 3.01. The quantitative estimate of drug-likeness (QED) is 0.558. The van der Waals surface area contributed by atoms with Crippen LogP contribution in [-0.2, 0) is 9.53 Å². The SMILES string of the molecule is CCOC(=O)C(C)Sc1nnc(Sc2cccc(C#N)c2C#N)s1. The summed E-state index contributed by atoms with van der Waals surface area (Å²) in [6.07, 6.45) is 0. The van der Waals surface area contributed by atoms with Crippen molar-refractivity contribution in [3.63, 3.8) is 0 Å². The third kappa shape index (κ3) is 4.48. The van der Waals surface area contributed by atoms with Crippen LogP contribution in [-0.4, -0.2) is 28.0 Å². The molecule has 0 aliphatic carbocycles. The van der Waals surface area contributed by atoms with Crippen LogP contribution >= 0.6 is 34.9 Å². The summed E-state index contributed by atoms with van der Waals surface area (Å²) in [4.78, 5) is 12.3. The smallest absolute Gasteiger partial charge is 0.319 e. The molecule has 2 rings (SSSR count). The molecule has 1 aromatic heterocycles. The van der Waals surface area contributed by atoms with Crippen LogP contribution in [0.3, 0.4) is 0 Å². The fourth-order valence-corrected chi connectivity index (χ4v) is 4.90. The predicted molar refractivity (Wildman–Crippen MR) is 91.9 cm³/mol. The van der Waals surface area contributed by atoms with E-state index in [-0.39, 0.29) is 11.2 Å². The van der Waals surface area contributed by atoms with Crippen molar-refractivity contribution in [1.82, 2.24) is 10.2 Å². The van der Waals surface area contributed by atoms with Crippen molar-refractivity contribution in [3.05, 3.63) is 29.3 Å². The van der Waals surface area contributed by atoms with E-state index in [0.29, 0.717) is 31.3 Å². The number of hydrogen-bond donors (Lipinski definition) is 0. The maximum absolute atomic E-state index is 11.6. The van der Waals surface area contributed by atoms with Gasteiger partial charge in [0.25, 0.3) is 0 Å². The van der Waals surface area contributed by atoms with E-state index in [1.807, 2.05) is 6.07 Å². The Labute approximate surface area is 151 Å².